The van der Waals surface area contributed by atoms with Crippen molar-refractivity contribution in [1.82, 2.24) is 9.97 Å². The zero-order chi connectivity index (χ0) is 24.8. The summed E-state index contributed by atoms with van der Waals surface area (Å²) in [6, 6.07) is 15.6. The maximum absolute atomic E-state index is 12.9. The molecule has 0 radical (unpaired) electrons. The molecule has 0 aliphatic carbocycles. The van der Waals surface area contributed by atoms with Crippen molar-refractivity contribution < 1.29 is 4.79 Å². The number of nitrogens with one attached hydrogen (secondary N) is 1. The van der Waals surface area contributed by atoms with Crippen molar-refractivity contribution in [3.63, 3.8) is 0 Å². The van der Waals surface area contributed by atoms with E-state index in [1.54, 1.807) is 12.3 Å². The molecule has 3 rings (SSSR count). The van der Waals surface area contributed by atoms with E-state index in [1.165, 1.54) is 0 Å². The van der Waals surface area contributed by atoms with Crippen molar-refractivity contribution in [3.05, 3.63) is 64.8 Å². The van der Waals surface area contributed by atoms with E-state index in [-0.39, 0.29) is 22.9 Å². The van der Waals surface area contributed by atoms with Crippen molar-refractivity contribution >= 4 is 29.3 Å². The van der Waals surface area contributed by atoms with Crippen LogP contribution in [0.5, 0.6) is 0 Å². The van der Waals surface area contributed by atoms with Crippen molar-refractivity contribution in [2.45, 2.75) is 50.3 Å². The van der Waals surface area contributed by atoms with Gasteiger partial charge in [-0.25, -0.2) is 9.97 Å². The lowest BCUT2D eigenvalue weighted by atomic mass is 9.94. The molecule has 0 saturated carbocycles. The molecule has 2 heterocycles. The van der Waals surface area contributed by atoms with Crippen molar-refractivity contribution in [3.8, 4) is 23.3 Å². The summed E-state index contributed by atoms with van der Waals surface area (Å²) < 4.78 is 0. The summed E-state index contributed by atoms with van der Waals surface area (Å²) in [7, 11) is 0. The first kappa shape index (κ1) is 24.8. The molecule has 0 aliphatic heterocycles. The normalized spacial score (nSPS) is 11.5. The van der Waals surface area contributed by atoms with Crippen LogP contribution in [-0.4, -0.2) is 21.1 Å². The summed E-state index contributed by atoms with van der Waals surface area (Å²) in [5.74, 6) is 0.580. The second-order valence-electron chi connectivity index (χ2n) is 8.15. The summed E-state index contributed by atoms with van der Waals surface area (Å²) in [5.41, 5.74) is 9.79. The molecular weight excluding hydrogens is 444 g/mol. The fraction of sp³-hybridized carbons (Fsp3) is 0.269. The Kier molecular flexibility index (Phi) is 7.88. The van der Waals surface area contributed by atoms with E-state index < -0.39 is 5.25 Å². The highest BCUT2D eigenvalue weighted by Gasteiger charge is 2.25. The van der Waals surface area contributed by atoms with Gasteiger partial charge < -0.3 is 11.1 Å². The van der Waals surface area contributed by atoms with Crippen LogP contribution < -0.4 is 11.1 Å². The summed E-state index contributed by atoms with van der Waals surface area (Å²) >= 11 is 1.16. The van der Waals surface area contributed by atoms with Crippen LogP contribution in [0.4, 0.5) is 11.6 Å². The van der Waals surface area contributed by atoms with Gasteiger partial charge in [-0.05, 0) is 42.0 Å². The lowest BCUT2D eigenvalue weighted by molar-refractivity contribution is -0.115. The number of anilines is 2. The van der Waals surface area contributed by atoms with E-state index >= 15 is 0 Å². The van der Waals surface area contributed by atoms with Gasteiger partial charge in [-0.1, -0.05) is 62.9 Å². The quantitative estimate of drug-likeness (QED) is 0.442. The number of pyridine rings is 2. The molecule has 34 heavy (non-hydrogen) atoms. The first-order valence-corrected chi connectivity index (χ1v) is 11.8. The van der Waals surface area contributed by atoms with Crippen LogP contribution in [0.3, 0.4) is 0 Å². The molecule has 1 aromatic carbocycles. The molecule has 0 saturated heterocycles. The predicted molar refractivity (Wildman–Crippen MR) is 135 cm³/mol. The fourth-order valence-electron chi connectivity index (χ4n) is 3.41. The first-order valence-electron chi connectivity index (χ1n) is 10.9. The van der Waals surface area contributed by atoms with Gasteiger partial charge in [0.15, 0.2) is 0 Å². The van der Waals surface area contributed by atoms with Crippen LogP contribution in [0.25, 0.3) is 11.1 Å². The summed E-state index contributed by atoms with van der Waals surface area (Å²) in [5, 5.41) is 22.4. The zero-order valence-corrected chi connectivity index (χ0v) is 20.4. The number of nitrogens with zero attached hydrogens (tertiary/aromatic N) is 4. The summed E-state index contributed by atoms with van der Waals surface area (Å²) in [4.78, 5) is 21.5. The Labute approximate surface area is 204 Å². The van der Waals surface area contributed by atoms with E-state index in [4.69, 9.17) is 5.73 Å². The SMILES string of the molecule is CCC(Sc1nc(N)c(C#N)c(-c2ccc(C(C)C)cc2)c1C#N)C(=O)Nc1ccc(C)cn1. The molecule has 0 aliphatic rings. The van der Waals surface area contributed by atoms with Gasteiger partial charge in [-0.2, -0.15) is 10.5 Å². The highest BCUT2D eigenvalue weighted by molar-refractivity contribution is 8.00. The van der Waals surface area contributed by atoms with Crippen LogP contribution in [0.1, 0.15) is 55.4 Å². The highest BCUT2D eigenvalue weighted by atomic mass is 32.2. The third-order valence-corrected chi connectivity index (χ3v) is 6.71. The molecule has 2 aromatic heterocycles. The van der Waals surface area contributed by atoms with Crippen LogP contribution >= 0.6 is 11.8 Å². The number of rotatable bonds is 7. The Balaban J connectivity index is 2.01. The van der Waals surface area contributed by atoms with Crippen LogP contribution in [0, 0.1) is 29.6 Å². The molecule has 0 bridgehead atoms. The number of nitrogen functional groups attached to an aromatic ring is 1. The highest BCUT2D eigenvalue weighted by Crippen LogP contribution is 2.38. The minimum Gasteiger partial charge on any atom is -0.383 e. The predicted octanol–water partition coefficient (Wildman–Crippen LogP) is 5.41. The van der Waals surface area contributed by atoms with E-state index in [9.17, 15) is 15.3 Å². The third-order valence-electron chi connectivity index (χ3n) is 5.36. The van der Waals surface area contributed by atoms with Gasteiger partial charge in [0.05, 0.1) is 10.8 Å². The third kappa shape index (κ3) is 5.36. The average Bonchev–Trinajstić information content (AvgIpc) is 2.83. The molecule has 1 amide bonds. The molecule has 7 nitrogen and oxygen atoms in total. The molecule has 8 heteroatoms. The van der Waals surface area contributed by atoms with Crippen LogP contribution in [0.2, 0.25) is 0 Å². The Morgan fingerprint density at radius 2 is 1.79 bits per heavy atom. The fourth-order valence-corrected chi connectivity index (χ4v) is 4.43. The maximum atomic E-state index is 12.9. The number of aryl methyl sites for hydroxylation is 1. The maximum Gasteiger partial charge on any atom is 0.239 e. The second-order valence-corrected chi connectivity index (χ2v) is 9.34. The molecule has 1 atom stereocenters. The number of hydrogen-bond donors (Lipinski definition) is 2. The lowest BCUT2D eigenvalue weighted by Crippen LogP contribution is -2.25. The lowest BCUT2D eigenvalue weighted by Gasteiger charge is -2.17. The number of aromatic nitrogens is 2. The van der Waals surface area contributed by atoms with Crippen molar-refractivity contribution in [1.29, 1.82) is 10.5 Å². The Morgan fingerprint density at radius 1 is 1.12 bits per heavy atom. The molecule has 0 fully saturated rings. The van der Waals surface area contributed by atoms with Gasteiger partial charge in [0, 0.05) is 11.8 Å². The molecular formula is C26H26N6OS. The topological polar surface area (TPSA) is 128 Å². The second kappa shape index (κ2) is 10.8. The van der Waals surface area contributed by atoms with Crippen LogP contribution in [0.15, 0.2) is 47.6 Å². The Morgan fingerprint density at radius 3 is 2.32 bits per heavy atom. The molecule has 3 aromatic rings. The number of hydrogen-bond acceptors (Lipinski definition) is 7. The number of benzene rings is 1. The number of carbonyl (C=O) groups is 1. The largest absolute Gasteiger partial charge is 0.383 e. The van der Waals surface area contributed by atoms with E-state index in [0.29, 0.717) is 34.3 Å². The molecule has 0 spiro atoms. The standard InChI is InChI=1S/C26H26N6OS/c1-5-21(25(33)31-22-11-6-16(4)14-30-22)34-26-20(13-28)23(19(12-27)24(29)32-26)18-9-7-17(8-10-18)15(2)3/h6-11,14-15,21H,5H2,1-4H3,(H2,29,32)(H,30,31,33). The van der Waals surface area contributed by atoms with Crippen molar-refractivity contribution in [2.24, 2.45) is 0 Å². The summed E-state index contributed by atoms with van der Waals surface area (Å²) in [6.45, 7) is 7.99. The number of carbonyl (C=O) groups excluding carboxylic acids is 1. The molecule has 3 N–H and O–H groups in total. The van der Waals surface area contributed by atoms with E-state index in [1.807, 2.05) is 44.2 Å². The number of thioether (sulfide) groups is 1. The van der Waals surface area contributed by atoms with Crippen molar-refractivity contribution in [2.75, 3.05) is 11.1 Å². The van der Waals surface area contributed by atoms with Gasteiger partial charge in [0.25, 0.3) is 0 Å². The van der Waals surface area contributed by atoms with Gasteiger partial charge in [-0.15, -0.1) is 0 Å². The first-order chi connectivity index (χ1) is 16.3. The van der Waals surface area contributed by atoms with Crippen LogP contribution in [-0.2, 0) is 4.79 Å². The Bertz CT molecular complexity index is 1270. The number of nitrogens with two attached hydrogens (primary N) is 1. The average molecular weight is 471 g/mol. The smallest absolute Gasteiger partial charge is 0.239 e. The molecule has 1 unspecified atom stereocenters. The van der Waals surface area contributed by atoms with E-state index in [2.05, 4.69) is 41.3 Å². The van der Waals surface area contributed by atoms with Gasteiger partial charge in [0.2, 0.25) is 5.91 Å². The zero-order valence-electron chi connectivity index (χ0n) is 19.6. The Hall–Kier alpha value is -3.88. The number of amides is 1. The monoisotopic (exact) mass is 470 g/mol. The summed E-state index contributed by atoms with van der Waals surface area (Å²) in [6.07, 6.45) is 2.17. The minimum absolute atomic E-state index is 0.0300. The van der Waals surface area contributed by atoms with Gasteiger partial charge in [0.1, 0.15) is 34.4 Å². The molecule has 172 valence electrons. The number of nitriles is 2. The minimum atomic E-state index is -0.536. The van der Waals surface area contributed by atoms with Gasteiger partial charge in [-0.3, -0.25) is 4.79 Å². The van der Waals surface area contributed by atoms with E-state index in [0.717, 1.165) is 22.9 Å². The van der Waals surface area contributed by atoms with Gasteiger partial charge >= 0.3 is 0 Å².